The molecule has 2 atom stereocenters. The highest BCUT2D eigenvalue weighted by atomic mass is 32.2. The molecule has 0 amide bonds. The van der Waals surface area contributed by atoms with E-state index in [1.54, 1.807) is 24.3 Å². The van der Waals surface area contributed by atoms with Gasteiger partial charge in [-0.2, -0.15) is 0 Å². The number of aliphatic carboxylic acids is 1. The van der Waals surface area contributed by atoms with Gasteiger partial charge in [0.15, 0.2) is 0 Å². The summed E-state index contributed by atoms with van der Waals surface area (Å²) in [6.07, 6.45) is 11.2. The number of nitrogens with one attached hydrogen (secondary N) is 1. The third kappa shape index (κ3) is 5.20. The Morgan fingerprint density at radius 3 is 2.41 bits per heavy atom. The molecule has 2 bridgehead atoms. The molecule has 0 aromatic heterocycles. The number of fused-ring (bicyclic) bond motifs is 3. The van der Waals surface area contributed by atoms with Gasteiger partial charge < -0.3 is 5.11 Å². The van der Waals surface area contributed by atoms with E-state index in [1.807, 2.05) is 12.1 Å². The van der Waals surface area contributed by atoms with Gasteiger partial charge in [0.1, 0.15) is 0 Å². The topological polar surface area (TPSA) is 83.5 Å². The summed E-state index contributed by atoms with van der Waals surface area (Å²) in [4.78, 5) is 10.9. The number of carbonyl (C=O) groups is 1. The number of carboxylic acid groups (broad SMARTS) is 1. The van der Waals surface area contributed by atoms with Crippen molar-refractivity contribution in [3.63, 3.8) is 0 Å². The predicted molar refractivity (Wildman–Crippen MR) is 105 cm³/mol. The number of hydrogen-bond donors (Lipinski definition) is 2. The standard InChI is InChI=1S/C21H29NO4S/c23-20(24)11-7-2-1-6-10-19-16-12-14-17(15-13-16)21(19)22-27(25,26)18-8-4-3-5-9-18/h1,3-6,8-9,16-17,19,21-22H,2,7,10-15H2,(H,23,24)/b6-1-. The largest absolute Gasteiger partial charge is 0.481 e. The molecule has 5 nitrogen and oxygen atoms in total. The van der Waals surface area contributed by atoms with E-state index in [2.05, 4.69) is 10.8 Å². The molecule has 1 aromatic carbocycles. The van der Waals surface area contributed by atoms with E-state index in [9.17, 15) is 13.2 Å². The third-order valence-electron chi connectivity index (χ3n) is 6.07. The number of carboxylic acids is 1. The van der Waals surface area contributed by atoms with E-state index in [4.69, 9.17) is 5.11 Å². The highest BCUT2D eigenvalue weighted by Gasteiger charge is 2.44. The van der Waals surface area contributed by atoms with Crippen LogP contribution in [0.15, 0.2) is 47.4 Å². The molecule has 1 aromatic rings. The summed E-state index contributed by atoms with van der Waals surface area (Å²) in [5.74, 6) is 0.552. The molecule has 3 aliphatic rings. The minimum absolute atomic E-state index is 0.00799. The minimum Gasteiger partial charge on any atom is -0.481 e. The second-order valence-corrected chi connectivity index (χ2v) is 9.51. The average Bonchev–Trinajstić information content (AvgIpc) is 2.67. The van der Waals surface area contributed by atoms with Crippen molar-refractivity contribution in [3.8, 4) is 0 Å². The van der Waals surface area contributed by atoms with Gasteiger partial charge >= 0.3 is 5.97 Å². The molecule has 27 heavy (non-hydrogen) atoms. The fourth-order valence-electron chi connectivity index (χ4n) is 4.69. The van der Waals surface area contributed by atoms with Crippen molar-refractivity contribution in [2.24, 2.45) is 17.8 Å². The molecule has 148 valence electrons. The van der Waals surface area contributed by atoms with Crippen LogP contribution in [0.2, 0.25) is 0 Å². The lowest BCUT2D eigenvalue weighted by Crippen LogP contribution is -2.53. The summed E-state index contributed by atoms with van der Waals surface area (Å²) in [5.41, 5.74) is 0. The summed E-state index contributed by atoms with van der Waals surface area (Å²) in [6, 6.07) is 8.59. The van der Waals surface area contributed by atoms with E-state index in [0.717, 1.165) is 25.7 Å². The molecule has 3 saturated carbocycles. The van der Waals surface area contributed by atoms with Crippen molar-refractivity contribution in [2.45, 2.75) is 62.3 Å². The molecule has 4 rings (SSSR count). The van der Waals surface area contributed by atoms with Crippen LogP contribution >= 0.6 is 0 Å². The third-order valence-corrected chi connectivity index (χ3v) is 7.55. The van der Waals surface area contributed by atoms with Crippen LogP contribution < -0.4 is 4.72 Å². The quantitative estimate of drug-likeness (QED) is 0.493. The lowest BCUT2D eigenvalue weighted by atomic mass is 9.61. The Hall–Kier alpha value is -1.66. The molecular formula is C21H29NO4S. The lowest BCUT2D eigenvalue weighted by molar-refractivity contribution is -0.137. The van der Waals surface area contributed by atoms with Crippen LogP contribution in [0.25, 0.3) is 0 Å². The Morgan fingerprint density at radius 1 is 1.07 bits per heavy atom. The molecule has 6 heteroatoms. The van der Waals surface area contributed by atoms with Gasteiger partial charge in [-0.1, -0.05) is 30.4 Å². The monoisotopic (exact) mass is 391 g/mol. The molecular weight excluding hydrogens is 362 g/mol. The van der Waals surface area contributed by atoms with Crippen LogP contribution in [0.1, 0.15) is 51.4 Å². The van der Waals surface area contributed by atoms with Crippen LogP contribution in [-0.4, -0.2) is 25.5 Å². The number of allylic oxidation sites excluding steroid dienone is 2. The van der Waals surface area contributed by atoms with Crippen molar-refractivity contribution in [1.29, 1.82) is 0 Å². The zero-order valence-electron chi connectivity index (χ0n) is 15.6. The fourth-order valence-corrected chi connectivity index (χ4v) is 6.06. The van der Waals surface area contributed by atoms with Crippen molar-refractivity contribution in [3.05, 3.63) is 42.5 Å². The van der Waals surface area contributed by atoms with E-state index in [1.165, 1.54) is 12.8 Å². The Morgan fingerprint density at radius 2 is 1.74 bits per heavy atom. The maximum Gasteiger partial charge on any atom is 0.303 e. The van der Waals surface area contributed by atoms with Crippen molar-refractivity contribution in [2.75, 3.05) is 0 Å². The van der Waals surface area contributed by atoms with Crippen molar-refractivity contribution >= 4 is 16.0 Å². The van der Waals surface area contributed by atoms with Gasteiger partial charge in [0, 0.05) is 12.5 Å². The smallest absolute Gasteiger partial charge is 0.303 e. The van der Waals surface area contributed by atoms with Crippen LogP contribution in [0, 0.1) is 17.8 Å². The highest BCUT2D eigenvalue weighted by Crippen LogP contribution is 2.47. The molecule has 0 radical (unpaired) electrons. The Bertz CT molecular complexity index is 752. The van der Waals surface area contributed by atoms with E-state index >= 15 is 0 Å². The Labute approximate surface area is 161 Å². The zero-order chi connectivity index (χ0) is 19.3. The summed E-state index contributed by atoms with van der Waals surface area (Å²) in [7, 11) is -3.50. The highest BCUT2D eigenvalue weighted by molar-refractivity contribution is 7.89. The minimum atomic E-state index is -3.50. The molecule has 0 aliphatic heterocycles. The van der Waals surface area contributed by atoms with Gasteiger partial charge in [-0.05, 0) is 74.8 Å². The summed E-state index contributed by atoms with van der Waals surface area (Å²) < 4.78 is 28.7. The van der Waals surface area contributed by atoms with Gasteiger partial charge in [-0.25, -0.2) is 13.1 Å². The molecule has 2 unspecified atom stereocenters. The van der Waals surface area contributed by atoms with Crippen molar-refractivity contribution in [1.82, 2.24) is 4.72 Å². The second-order valence-electron chi connectivity index (χ2n) is 7.79. The zero-order valence-corrected chi connectivity index (χ0v) is 16.4. The first-order valence-electron chi connectivity index (χ1n) is 9.91. The van der Waals surface area contributed by atoms with Gasteiger partial charge in [-0.15, -0.1) is 0 Å². The Balaban J connectivity index is 1.65. The summed E-state index contributed by atoms with van der Waals surface area (Å²) >= 11 is 0. The van der Waals surface area contributed by atoms with Gasteiger partial charge in [-0.3, -0.25) is 4.79 Å². The van der Waals surface area contributed by atoms with E-state index in [-0.39, 0.29) is 12.5 Å². The van der Waals surface area contributed by atoms with Gasteiger partial charge in [0.2, 0.25) is 10.0 Å². The summed E-state index contributed by atoms with van der Waals surface area (Å²) in [5, 5.41) is 8.69. The van der Waals surface area contributed by atoms with Crippen molar-refractivity contribution < 1.29 is 18.3 Å². The van der Waals surface area contributed by atoms with E-state index in [0.29, 0.717) is 29.1 Å². The number of unbranched alkanes of at least 4 members (excludes halogenated alkanes) is 1. The maximum absolute atomic E-state index is 12.8. The number of benzene rings is 1. The number of rotatable bonds is 9. The van der Waals surface area contributed by atoms with Crippen LogP contribution in [0.3, 0.4) is 0 Å². The van der Waals surface area contributed by atoms with Crippen LogP contribution in [0.4, 0.5) is 0 Å². The molecule has 3 aliphatic carbocycles. The second kappa shape index (κ2) is 9.02. The van der Waals surface area contributed by atoms with Crippen LogP contribution in [-0.2, 0) is 14.8 Å². The normalized spacial score (nSPS) is 27.9. The number of sulfonamides is 1. The molecule has 0 saturated heterocycles. The first-order valence-corrected chi connectivity index (χ1v) is 11.4. The maximum atomic E-state index is 12.8. The summed E-state index contributed by atoms with van der Waals surface area (Å²) in [6.45, 7) is 0. The van der Waals surface area contributed by atoms with Gasteiger partial charge in [0.05, 0.1) is 4.90 Å². The van der Waals surface area contributed by atoms with Gasteiger partial charge in [0.25, 0.3) is 0 Å². The fraction of sp³-hybridized carbons (Fsp3) is 0.571. The molecule has 0 spiro atoms. The molecule has 2 N–H and O–H groups in total. The van der Waals surface area contributed by atoms with Crippen LogP contribution in [0.5, 0.6) is 0 Å². The SMILES string of the molecule is O=C(O)CCC/C=C\CC1C2CCC(CC2)C1NS(=O)(=O)c1ccccc1. The van der Waals surface area contributed by atoms with E-state index < -0.39 is 16.0 Å². The average molecular weight is 392 g/mol. The molecule has 0 heterocycles. The number of hydrogen-bond acceptors (Lipinski definition) is 3. The lowest BCUT2D eigenvalue weighted by Gasteiger charge is -2.48. The Kier molecular flexibility index (Phi) is 6.71. The first kappa shape index (κ1) is 20.1. The molecule has 3 fully saturated rings. The first-order chi connectivity index (χ1) is 13.0. The predicted octanol–water partition coefficient (Wildman–Crippen LogP) is 3.97.